The molecule has 22 heavy (non-hydrogen) atoms. The molecule has 1 aromatic carbocycles. The highest BCUT2D eigenvalue weighted by molar-refractivity contribution is 6.47. The van der Waals surface area contributed by atoms with E-state index in [0.29, 0.717) is 5.69 Å². The topological polar surface area (TPSA) is 88.1 Å². The molecule has 0 radical (unpaired) electrons. The van der Waals surface area contributed by atoms with Crippen molar-refractivity contribution in [3.63, 3.8) is 0 Å². The van der Waals surface area contributed by atoms with Gasteiger partial charge in [0.1, 0.15) is 12.0 Å². The van der Waals surface area contributed by atoms with Crippen LogP contribution in [0.5, 0.6) is 0 Å². The van der Waals surface area contributed by atoms with Gasteiger partial charge in [0.05, 0.1) is 17.3 Å². The number of nitrogens with zero attached hydrogens (tertiary/aromatic N) is 2. The summed E-state index contributed by atoms with van der Waals surface area (Å²) in [6.07, 6.45) is 0. The van der Waals surface area contributed by atoms with Crippen molar-refractivity contribution in [3.8, 4) is 0 Å². The van der Waals surface area contributed by atoms with Crippen LogP contribution in [-0.4, -0.2) is 36.1 Å². The molecule has 2 atom stereocenters. The van der Waals surface area contributed by atoms with Crippen molar-refractivity contribution < 1.29 is 19.1 Å². The van der Waals surface area contributed by atoms with Crippen LogP contribution in [0.2, 0.25) is 5.02 Å². The molecule has 2 heterocycles. The lowest BCUT2D eigenvalue weighted by Gasteiger charge is -2.16. The van der Waals surface area contributed by atoms with Crippen molar-refractivity contribution in [3.05, 3.63) is 29.3 Å². The number of hydrogen-bond donors (Lipinski definition) is 1. The number of ether oxygens (including phenoxy) is 1. The van der Waals surface area contributed by atoms with E-state index >= 15 is 0 Å². The van der Waals surface area contributed by atoms with Gasteiger partial charge < -0.3 is 4.74 Å². The molecule has 2 aliphatic rings. The van der Waals surface area contributed by atoms with Gasteiger partial charge in [0, 0.05) is 0 Å². The molecule has 2 aliphatic heterocycles. The van der Waals surface area contributed by atoms with E-state index in [4.69, 9.17) is 16.3 Å². The third kappa shape index (κ3) is 2.05. The SMILES string of the molecule is CCOC(=O)C1=NN[C@@H]2C(=O)N(c3ccccc3Cl)C(=O)[C@@H]12. The first-order valence-corrected chi connectivity index (χ1v) is 7.06. The van der Waals surface area contributed by atoms with Gasteiger partial charge in [-0.3, -0.25) is 15.0 Å². The Bertz CT molecular complexity index is 703. The molecule has 3 rings (SSSR count). The number of imide groups is 1. The van der Waals surface area contributed by atoms with Gasteiger partial charge in [-0.15, -0.1) is 0 Å². The van der Waals surface area contributed by atoms with Crippen molar-refractivity contribution >= 4 is 40.8 Å². The normalized spacial score (nSPS) is 23.2. The number of hydrazone groups is 1. The molecule has 0 bridgehead atoms. The maximum atomic E-state index is 12.6. The van der Waals surface area contributed by atoms with Gasteiger partial charge in [0.15, 0.2) is 5.71 Å². The van der Waals surface area contributed by atoms with E-state index in [9.17, 15) is 14.4 Å². The third-order valence-electron chi connectivity index (χ3n) is 3.50. The van der Waals surface area contributed by atoms with Crippen LogP contribution in [-0.2, 0) is 19.1 Å². The highest BCUT2D eigenvalue weighted by Crippen LogP contribution is 2.34. The maximum Gasteiger partial charge on any atom is 0.355 e. The van der Waals surface area contributed by atoms with Crippen molar-refractivity contribution in [2.24, 2.45) is 11.0 Å². The van der Waals surface area contributed by atoms with Crippen LogP contribution >= 0.6 is 11.6 Å². The number of anilines is 1. The van der Waals surface area contributed by atoms with Crippen LogP contribution in [0, 0.1) is 5.92 Å². The summed E-state index contributed by atoms with van der Waals surface area (Å²) in [4.78, 5) is 37.9. The predicted molar refractivity (Wildman–Crippen MR) is 78.4 cm³/mol. The van der Waals surface area contributed by atoms with E-state index in [1.54, 1.807) is 31.2 Å². The van der Waals surface area contributed by atoms with Crippen LogP contribution in [0.4, 0.5) is 5.69 Å². The van der Waals surface area contributed by atoms with E-state index in [0.717, 1.165) is 4.90 Å². The van der Waals surface area contributed by atoms with E-state index in [1.807, 2.05) is 0 Å². The average Bonchev–Trinajstić information content (AvgIpc) is 3.02. The summed E-state index contributed by atoms with van der Waals surface area (Å²) in [6, 6.07) is 5.62. The second-order valence-corrected chi connectivity index (χ2v) is 5.17. The summed E-state index contributed by atoms with van der Waals surface area (Å²) >= 11 is 6.05. The average molecular weight is 322 g/mol. The molecule has 1 N–H and O–H groups in total. The quantitative estimate of drug-likeness (QED) is 0.654. The Labute approximate surface area is 130 Å². The van der Waals surface area contributed by atoms with Crippen LogP contribution in [0.1, 0.15) is 6.92 Å². The lowest BCUT2D eigenvalue weighted by molar-refractivity contribution is -0.136. The van der Waals surface area contributed by atoms with Gasteiger partial charge in [0.2, 0.25) is 5.91 Å². The molecule has 114 valence electrons. The van der Waals surface area contributed by atoms with Crippen molar-refractivity contribution in [2.45, 2.75) is 13.0 Å². The summed E-state index contributed by atoms with van der Waals surface area (Å²) in [5.74, 6) is -2.72. The zero-order valence-corrected chi connectivity index (χ0v) is 12.3. The van der Waals surface area contributed by atoms with Gasteiger partial charge >= 0.3 is 5.97 Å². The first kappa shape index (κ1) is 14.5. The van der Waals surface area contributed by atoms with Crippen molar-refractivity contribution in [1.29, 1.82) is 0 Å². The molecular weight excluding hydrogens is 310 g/mol. The molecule has 1 fully saturated rings. The summed E-state index contributed by atoms with van der Waals surface area (Å²) in [6.45, 7) is 1.81. The fourth-order valence-corrected chi connectivity index (χ4v) is 2.75. The standard InChI is InChI=1S/C14H12ClN3O4/c1-2-22-14(21)11-9-10(16-17-11)13(20)18(12(9)19)8-6-4-3-5-7(8)15/h3-6,9-10,16H,2H2,1H3/t9-,10+/m1/s1. The van der Waals surface area contributed by atoms with E-state index < -0.39 is 29.7 Å². The number of halogens is 1. The Kier molecular flexibility index (Phi) is 3.58. The minimum absolute atomic E-state index is 0.0836. The lowest BCUT2D eigenvalue weighted by Crippen LogP contribution is -2.36. The fraction of sp³-hybridized carbons (Fsp3) is 0.286. The van der Waals surface area contributed by atoms with Gasteiger partial charge in [-0.25, -0.2) is 9.69 Å². The number of fused-ring (bicyclic) bond motifs is 1. The molecule has 0 aromatic heterocycles. The number of carbonyl (C=O) groups excluding carboxylic acids is 3. The molecule has 0 aliphatic carbocycles. The van der Waals surface area contributed by atoms with E-state index in [-0.39, 0.29) is 17.3 Å². The summed E-state index contributed by atoms with van der Waals surface area (Å²) < 4.78 is 4.86. The minimum atomic E-state index is -0.983. The molecule has 7 nitrogen and oxygen atoms in total. The molecule has 0 spiro atoms. The summed E-state index contributed by atoms with van der Waals surface area (Å²) in [5, 5.41) is 4.06. The summed E-state index contributed by atoms with van der Waals surface area (Å²) in [5.41, 5.74) is 2.75. The second-order valence-electron chi connectivity index (χ2n) is 4.77. The zero-order chi connectivity index (χ0) is 15.9. The third-order valence-corrected chi connectivity index (χ3v) is 3.82. The highest BCUT2D eigenvalue weighted by Gasteiger charge is 2.56. The number of hydrogen-bond acceptors (Lipinski definition) is 6. The van der Waals surface area contributed by atoms with E-state index in [2.05, 4.69) is 10.5 Å². The van der Waals surface area contributed by atoms with Crippen LogP contribution in [0.25, 0.3) is 0 Å². The molecule has 8 heteroatoms. The monoisotopic (exact) mass is 321 g/mol. The fourth-order valence-electron chi connectivity index (χ4n) is 2.53. The number of carbonyl (C=O) groups is 3. The number of nitrogens with one attached hydrogen (secondary N) is 1. The Morgan fingerprint density at radius 3 is 2.77 bits per heavy atom. The van der Waals surface area contributed by atoms with Crippen LogP contribution in [0.3, 0.4) is 0 Å². The molecule has 0 unspecified atom stereocenters. The number of rotatable bonds is 3. The lowest BCUT2D eigenvalue weighted by atomic mass is 9.99. The molecule has 2 amide bonds. The van der Waals surface area contributed by atoms with Crippen LogP contribution < -0.4 is 10.3 Å². The highest BCUT2D eigenvalue weighted by atomic mass is 35.5. The zero-order valence-electron chi connectivity index (χ0n) is 11.6. The van der Waals surface area contributed by atoms with Gasteiger partial charge in [0.25, 0.3) is 5.91 Å². The Morgan fingerprint density at radius 1 is 1.36 bits per heavy atom. The Morgan fingerprint density at radius 2 is 2.09 bits per heavy atom. The largest absolute Gasteiger partial charge is 0.461 e. The smallest absolute Gasteiger partial charge is 0.355 e. The molecule has 1 aromatic rings. The minimum Gasteiger partial charge on any atom is -0.461 e. The second kappa shape index (κ2) is 5.42. The number of amides is 2. The first-order chi connectivity index (χ1) is 10.6. The Hall–Kier alpha value is -2.41. The van der Waals surface area contributed by atoms with E-state index in [1.165, 1.54) is 0 Å². The maximum absolute atomic E-state index is 12.6. The van der Waals surface area contributed by atoms with Crippen LogP contribution in [0.15, 0.2) is 29.4 Å². The predicted octanol–water partition coefficient (Wildman–Crippen LogP) is 0.720. The van der Waals surface area contributed by atoms with Crippen molar-refractivity contribution in [1.82, 2.24) is 5.43 Å². The number of benzene rings is 1. The number of para-hydroxylation sites is 1. The number of esters is 1. The molecular formula is C14H12ClN3O4. The van der Waals surface area contributed by atoms with Gasteiger partial charge in [-0.1, -0.05) is 23.7 Å². The van der Waals surface area contributed by atoms with Crippen molar-refractivity contribution in [2.75, 3.05) is 11.5 Å². The first-order valence-electron chi connectivity index (χ1n) is 6.68. The summed E-state index contributed by atoms with van der Waals surface area (Å²) in [7, 11) is 0. The Balaban J connectivity index is 1.95. The molecule has 1 saturated heterocycles. The van der Waals surface area contributed by atoms with Gasteiger partial charge in [-0.2, -0.15) is 5.10 Å². The van der Waals surface area contributed by atoms with Gasteiger partial charge in [-0.05, 0) is 19.1 Å². The molecule has 0 saturated carbocycles.